The maximum absolute atomic E-state index is 12.6. The van der Waals surface area contributed by atoms with Crippen molar-refractivity contribution in [2.75, 3.05) is 12.4 Å². The number of hydrogen-bond acceptors (Lipinski definition) is 3. The summed E-state index contributed by atoms with van der Waals surface area (Å²) >= 11 is 6.23. The fraction of sp³-hybridized carbons (Fsp3) is 0.176. The van der Waals surface area contributed by atoms with E-state index in [1.165, 1.54) is 7.11 Å². The first-order valence-corrected chi connectivity index (χ1v) is 7.27. The third-order valence-electron chi connectivity index (χ3n) is 3.52. The van der Waals surface area contributed by atoms with Gasteiger partial charge in [-0.2, -0.15) is 0 Å². The maximum atomic E-state index is 12.6. The summed E-state index contributed by atoms with van der Waals surface area (Å²) < 4.78 is 5.29. The molecule has 120 valence electrons. The van der Waals surface area contributed by atoms with Gasteiger partial charge in [-0.3, -0.25) is 9.59 Å². The molecule has 0 aromatic heterocycles. The molecule has 0 bridgehead atoms. The summed E-state index contributed by atoms with van der Waals surface area (Å²) in [7, 11) is 1.50. The van der Waals surface area contributed by atoms with Crippen molar-refractivity contribution in [1.82, 2.24) is 0 Å². The van der Waals surface area contributed by atoms with Crippen LogP contribution in [0, 0.1) is 13.8 Å². The molecule has 2 aromatic rings. The van der Waals surface area contributed by atoms with Gasteiger partial charge in [0.2, 0.25) is 5.91 Å². The molecule has 0 saturated carbocycles. The first-order chi connectivity index (χ1) is 10.8. The highest BCUT2D eigenvalue weighted by Crippen LogP contribution is 2.32. The van der Waals surface area contributed by atoms with E-state index in [9.17, 15) is 9.59 Å². The van der Waals surface area contributed by atoms with Gasteiger partial charge in [0.25, 0.3) is 5.91 Å². The molecule has 0 radical (unpaired) electrons. The summed E-state index contributed by atoms with van der Waals surface area (Å²) in [6.45, 7) is 3.62. The van der Waals surface area contributed by atoms with E-state index in [-0.39, 0.29) is 5.91 Å². The number of halogens is 1. The third kappa shape index (κ3) is 3.46. The standard InChI is InChI=1S/C17H17ClN2O3/c1-9-8-13(23-3)14(10(2)15(9)18)17(22)20-12-6-4-11(5-7-12)16(19)21/h4-8H,1-3H3,(H2,19,21)(H,20,22). The number of carbonyl (C=O) groups is 2. The molecule has 2 amide bonds. The molecule has 0 aliphatic rings. The number of methoxy groups -OCH3 is 1. The Labute approximate surface area is 139 Å². The highest BCUT2D eigenvalue weighted by Gasteiger charge is 2.19. The van der Waals surface area contributed by atoms with Gasteiger partial charge in [0.15, 0.2) is 0 Å². The smallest absolute Gasteiger partial charge is 0.259 e. The number of hydrogen-bond donors (Lipinski definition) is 2. The van der Waals surface area contributed by atoms with Crippen LogP contribution >= 0.6 is 11.6 Å². The van der Waals surface area contributed by atoms with Crippen molar-refractivity contribution < 1.29 is 14.3 Å². The lowest BCUT2D eigenvalue weighted by atomic mass is 10.0. The summed E-state index contributed by atoms with van der Waals surface area (Å²) in [6.07, 6.45) is 0. The van der Waals surface area contributed by atoms with Crippen LogP contribution in [-0.4, -0.2) is 18.9 Å². The summed E-state index contributed by atoms with van der Waals surface area (Å²) in [4.78, 5) is 23.6. The van der Waals surface area contributed by atoms with Crippen molar-refractivity contribution in [2.45, 2.75) is 13.8 Å². The monoisotopic (exact) mass is 332 g/mol. The molecule has 0 aliphatic heterocycles. The zero-order valence-corrected chi connectivity index (χ0v) is 13.8. The van der Waals surface area contributed by atoms with Gasteiger partial charge in [-0.05, 0) is 55.3 Å². The van der Waals surface area contributed by atoms with E-state index in [4.69, 9.17) is 22.1 Å². The first-order valence-electron chi connectivity index (χ1n) is 6.90. The van der Waals surface area contributed by atoms with E-state index in [1.54, 1.807) is 37.3 Å². The molecule has 0 fully saturated rings. The Bertz CT molecular complexity index is 770. The van der Waals surface area contributed by atoms with Gasteiger partial charge >= 0.3 is 0 Å². The minimum atomic E-state index is -0.522. The fourth-order valence-corrected chi connectivity index (χ4v) is 2.43. The van der Waals surface area contributed by atoms with E-state index < -0.39 is 5.91 Å². The largest absolute Gasteiger partial charge is 0.496 e. The van der Waals surface area contributed by atoms with Gasteiger partial charge in [-0.15, -0.1) is 0 Å². The van der Waals surface area contributed by atoms with E-state index in [2.05, 4.69) is 5.32 Å². The molecule has 0 atom stereocenters. The predicted octanol–water partition coefficient (Wildman–Crippen LogP) is 3.32. The number of benzene rings is 2. The van der Waals surface area contributed by atoms with Gasteiger partial charge in [0.1, 0.15) is 5.75 Å². The molecule has 23 heavy (non-hydrogen) atoms. The normalized spacial score (nSPS) is 10.3. The van der Waals surface area contributed by atoms with Gasteiger partial charge < -0.3 is 15.8 Å². The second-order valence-electron chi connectivity index (χ2n) is 5.11. The topological polar surface area (TPSA) is 81.4 Å². The molecule has 3 N–H and O–H groups in total. The minimum Gasteiger partial charge on any atom is -0.496 e. The Hall–Kier alpha value is -2.53. The maximum Gasteiger partial charge on any atom is 0.259 e. The van der Waals surface area contributed by atoms with E-state index in [0.717, 1.165) is 5.56 Å². The molecule has 2 rings (SSSR count). The number of nitrogens with one attached hydrogen (secondary N) is 1. The Kier molecular flexibility index (Phi) is 4.91. The number of carbonyl (C=O) groups excluding carboxylic acids is 2. The lowest BCUT2D eigenvalue weighted by Gasteiger charge is -2.15. The van der Waals surface area contributed by atoms with Crippen molar-refractivity contribution in [3.8, 4) is 5.75 Å². The zero-order valence-electron chi connectivity index (χ0n) is 13.1. The van der Waals surface area contributed by atoms with Gasteiger partial charge in [0, 0.05) is 16.3 Å². The van der Waals surface area contributed by atoms with Crippen molar-refractivity contribution in [3.05, 3.63) is 57.6 Å². The van der Waals surface area contributed by atoms with E-state index in [0.29, 0.717) is 33.1 Å². The molecule has 0 saturated heterocycles. The molecule has 6 heteroatoms. The first kappa shape index (κ1) is 16.8. The summed E-state index contributed by atoms with van der Waals surface area (Å²) in [5.41, 5.74) is 7.96. The van der Waals surface area contributed by atoms with Crippen molar-refractivity contribution in [1.29, 1.82) is 0 Å². The molecular formula is C17H17ClN2O3. The number of primary amides is 1. The van der Waals surface area contributed by atoms with Crippen LogP contribution < -0.4 is 15.8 Å². The van der Waals surface area contributed by atoms with Crippen LogP contribution in [0.15, 0.2) is 30.3 Å². The number of aryl methyl sites for hydroxylation is 1. The number of rotatable bonds is 4. The molecular weight excluding hydrogens is 316 g/mol. The average molecular weight is 333 g/mol. The second kappa shape index (κ2) is 6.71. The van der Waals surface area contributed by atoms with Crippen LogP contribution in [0.2, 0.25) is 5.02 Å². The van der Waals surface area contributed by atoms with Gasteiger partial charge in [-0.25, -0.2) is 0 Å². The minimum absolute atomic E-state index is 0.340. The summed E-state index contributed by atoms with van der Waals surface area (Å²) in [6, 6.07) is 8.03. The number of amides is 2. The summed E-state index contributed by atoms with van der Waals surface area (Å²) in [5, 5.41) is 3.28. The van der Waals surface area contributed by atoms with Crippen LogP contribution in [0.4, 0.5) is 5.69 Å². The lowest BCUT2D eigenvalue weighted by Crippen LogP contribution is -2.16. The molecule has 5 nitrogen and oxygen atoms in total. The SMILES string of the molecule is COc1cc(C)c(Cl)c(C)c1C(=O)Nc1ccc(C(N)=O)cc1. The summed E-state index contributed by atoms with van der Waals surface area (Å²) in [5.74, 6) is -0.408. The Morgan fingerprint density at radius 1 is 1.17 bits per heavy atom. The van der Waals surface area contributed by atoms with Gasteiger partial charge in [0.05, 0.1) is 12.7 Å². The Morgan fingerprint density at radius 2 is 1.78 bits per heavy atom. The van der Waals surface area contributed by atoms with Crippen molar-refractivity contribution in [2.24, 2.45) is 5.73 Å². The highest BCUT2D eigenvalue weighted by atomic mass is 35.5. The third-order valence-corrected chi connectivity index (χ3v) is 4.10. The van der Waals surface area contributed by atoms with Crippen LogP contribution in [0.5, 0.6) is 5.75 Å². The molecule has 0 spiro atoms. The van der Waals surface area contributed by atoms with E-state index >= 15 is 0 Å². The number of ether oxygens (including phenoxy) is 1. The highest BCUT2D eigenvalue weighted by molar-refractivity contribution is 6.33. The van der Waals surface area contributed by atoms with Crippen molar-refractivity contribution >= 4 is 29.1 Å². The molecule has 2 aromatic carbocycles. The van der Waals surface area contributed by atoms with Crippen LogP contribution in [0.3, 0.4) is 0 Å². The van der Waals surface area contributed by atoms with Crippen LogP contribution in [0.25, 0.3) is 0 Å². The van der Waals surface area contributed by atoms with Crippen LogP contribution in [0.1, 0.15) is 31.8 Å². The lowest BCUT2D eigenvalue weighted by molar-refractivity contribution is 0.0998. The predicted molar refractivity (Wildman–Crippen MR) is 90.4 cm³/mol. The quantitative estimate of drug-likeness (QED) is 0.901. The Morgan fingerprint density at radius 3 is 2.30 bits per heavy atom. The number of anilines is 1. The molecule has 0 unspecified atom stereocenters. The van der Waals surface area contributed by atoms with Crippen molar-refractivity contribution in [3.63, 3.8) is 0 Å². The second-order valence-corrected chi connectivity index (χ2v) is 5.48. The zero-order chi connectivity index (χ0) is 17.1. The average Bonchev–Trinajstić information content (AvgIpc) is 2.52. The Balaban J connectivity index is 2.34. The van der Waals surface area contributed by atoms with E-state index in [1.807, 2.05) is 6.92 Å². The number of nitrogens with two attached hydrogens (primary N) is 1. The fourth-order valence-electron chi connectivity index (χ4n) is 2.28. The van der Waals surface area contributed by atoms with Crippen LogP contribution in [-0.2, 0) is 0 Å². The van der Waals surface area contributed by atoms with Gasteiger partial charge in [-0.1, -0.05) is 11.6 Å². The molecule has 0 aliphatic carbocycles. The molecule has 0 heterocycles.